The van der Waals surface area contributed by atoms with Crippen LogP contribution >= 0.6 is 11.3 Å². The Labute approximate surface area is 149 Å². The van der Waals surface area contributed by atoms with Gasteiger partial charge in [-0.3, -0.25) is 10.1 Å². The van der Waals surface area contributed by atoms with Crippen LogP contribution < -0.4 is 5.32 Å². The van der Waals surface area contributed by atoms with Crippen LogP contribution in [0.2, 0.25) is 0 Å². The van der Waals surface area contributed by atoms with Crippen molar-refractivity contribution in [2.75, 3.05) is 31.5 Å². The molecule has 0 bridgehead atoms. The molecule has 1 fully saturated rings. The fourth-order valence-electron chi connectivity index (χ4n) is 2.59. The molecule has 2 aromatic heterocycles. The second-order valence-corrected chi connectivity index (χ2v) is 6.55. The van der Waals surface area contributed by atoms with Crippen molar-refractivity contribution in [3.05, 3.63) is 21.9 Å². The topological polar surface area (TPSA) is 104 Å². The first-order valence-electron chi connectivity index (χ1n) is 8.16. The molecule has 1 N–H and O–H groups in total. The molecule has 0 radical (unpaired) electrons. The van der Waals surface area contributed by atoms with Crippen molar-refractivity contribution in [2.24, 2.45) is 0 Å². The molecular weight excluding hydrogens is 344 g/mol. The van der Waals surface area contributed by atoms with E-state index in [4.69, 9.17) is 4.52 Å². The molecule has 3 rings (SSSR count). The molecule has 0 unspecified atom stereocenters. The van der Waals surface area contributed by atoms with E-state index in [0.717, 1.165) is 5.69 Å². The first kappa shape index (κ1) is 17.3. The fourth-order valence-corrected chi connectivity index (χ4v) is 3.36. The molecule has 1 saturated heterocycles. The SMILES string of the molecule is CCc1noc(NC(=O)N2CCCN(C(=O)c3scnc3C)CC2)n1. The van der Waals surface area contributed by atoms with Crippen LogP contribution in [0.3, 0.4) is 0 Å². The maximum atomic E-state index is 12.6. The van der Waals surface area contributed by atoms with Crippen LogP contribution in [0.15, 0.2) is 10.0 Å². The van der Waals surface area contributed by atoms with E-state index in [0.29, 0.717) is 49.7 Å². The smallest absolute Gasteiger partial charge is 0.329 e. The van der Waals surface area contributed by atoms with Gasteiger partial charge in [-0.1, -0.05) is 12.1 Å². The zero-order valence-corrected chi connectivity index (χ0v) is 15.0. The summed E-state index contributed by atoms with van der Waals surface area (Å²) < 4.78 is 4.98. The summed E-state index contributed by atoms with van der Waals surface area (Å²) in [6.07, 6.45) is 1.35. The number of anilines is 1. The molecule has 134 valence electrons. The number of nitrogens with zero attached hydrogens (tertiary/aromatic N) is 5. The van der Waals surface area contributed by atoms with Gasteiger partial charge in [-0.25, -0.2) is 9.78 Å². The highest BCUT2D eigenvalue weighted by molar-refractivity contribution is 7.11. The average molecular weight is 364 g/mol. The quantitative estimate of drug-likeness (QED) is 0.890. The second-order valence-electron chi connectivity index (χ2n) is 5.70. The number of carbonyl (C=O) groups is 2. The maximum absolute atomic E-state index is 12.6. The van der Waals surface area contributed by atoms with E-state index in [1.165, 1.54) is 11.3 Å². The third-order valence-electron chi connectivity index (χ3n) is 4.01. The molecule has 3 heterocycles. The molecule has 2 aromatic rings. The number of thiazole rings is 1. The molecule has 3 amide bonds. The third-order valence-corrected chi connectivity index (χ3v) is 4.92. The van der Waals surface area contributed by atoms with Gasteiger partial charge in [-0.05, 0) is 13.3 Å². The van der Waals surface area contributed by atoms with Crippen molar-refractivity contribution >= 4 is 29.3 Å². The maximum Gasteiger partial charge on any atom is 0.329 e. The summed E-state index contributed by atoms with van der Waals surface area (Å²) in [5.74, 6) is 0.523. The molecular formula is C15H20N6O3S. The minimum absolute atomic E-state index is 0.0215. The van der Waals surface area contributed by atoms with Crippen LogP contribution in [0.4, 0.5) is 10.8 Å². The Morgan fingerprint density at radius 3 is 2.72 bits per heavy atom. The van der Waals surface area contributed by atoms with Gasteiger partial charge in [0.25, 0.3) is 5.91 Å². The van der Waals surface area contributed by atoms with E-state index in [9.17, 15) is 9.59 Å². The summed E-state index contributed by atoms with van der Waals surface area (Å²) in [5, 5.41) is 6.36. The lowest BCUT2D eigenvalue weighted by atomic mass is 10.3. The summed E-state index contributed by atoms with van der Waals surface area (Å²) in [4.78, 5) is 37.2. The first-order chi connectivity index (χ1) is 12.1. The van der Waals surface area contributed by atoms with E-state index in [1.807, 2.05) is 13.8 Å². The second kappa shape index (κ2) is 7.60. The summed E-state index contributed by atoms with van der Waals surface area (Å²) >= 11 is 1.35. The number of nitrogens with one attached hydrogen (secondary N) is 1. The molecule has 1 aliphatic heterocycles. The predicted octanol–water partition coefficient (Wildman–Crippen LogP) is 1.78. The van der Waals surface area contributed by atoms with Gasteiger partial charge < -0.3 is 14.3 Å². The largest absolute Gasteiger partial charge is 0.336 e. The lowest BCUT2D eigenvalue weighted by Gasteiger charge is -2.21. The van der Waals surface area contributed by atoms with E-state index in [2.05, 4.69) is 20.4 Å². The van der Waals surface area contributed by atoms with Gasteiger partial charge >= 0.3 is 12.0 Å². The van der Waals surface area contributed by atoms with E-state index in [1.54, 1.807) is 15.3 Å². The van der Waals surface area contributed by atoms with Crippen LogP contribution in [-0.4, -0.2) is 63.0 Å². The predicted molar refractivity (Wildman–Crippen MR) is 91.6 cm³/mol. The van der Waals surface area contributed by atoms with Crippen molar-refractivity contribution in [3.8, 4) is 0 Å². The number of aryl methyl sites for hydroxylation is 2. The molecule has 10 heteroatoms. The number of hydrogen-bond donors (Lipinski definition) is 1. The average Bonchev–Trinajstić information content (AvgIpc) is 3.15. The van der Waals surface area contributed by atoms with Crippen molar-refractivity contribution < 1.29 is 14.1 Å². The third kappa shape index (κ3) is 3.95. The number of carbonyl (C=O) groups excluding carboxylic acids is 2. The lowest BCUT2D eigenvalue weighted by Crippen LogP contribution is -2.39. The zero-order valence-electron chi connectivity index (χ0n) is 14.2. The summed E-state index contributed by atoms with van der Waals surface area (Å²) in [6.45, 7) is 5.84. The van der Waals surface area contributed by atoms with Gasteiger partial charge in [0, 0.05) is 32.6 Å². The number of hydrogen-bond acceptors (Lipinski definition) is 7. The van der Waals surface area contributed by atoms with Crippen LogP contribution in [0.25, 0.3) is 0 Å². The Morgan fingerprint density at radius 2 is 2.04 bits per heavy atom. The number of aromatic nitrogens is 3. The Morgan fingerprint density at radius 1 is 1.28 bits per heavy atom. The van der Waals surface area contributed by atoms with E-state index < -0.39 is 0 Å². The van der Waals surface area contributed by atoms with Crippen LogP contribution in [-0.2, 0) is 6.42 Å². The Hall–Kier alpha value is -2.49. The Bertz CT molecular complexity index is 758. The van der Waals surface area contributed by atoms with Crippen LogP contribution in [0, 0.1) is 6.92 Å². The number of rotatable bonds is 3. The number of urea groups is 1. The minimum atomic E-state index is -0.297. The molecule has 9 nitrogen and oxygen atoms in total. The standard InChI is InChI=1S/C15H20N6O3S/c1-3-11-17-14(24-19-11)18-15(23)21-6-4-5-20(7-8-21)13(22)12-10(2)16-9-25-12/h9H,3-8H2,1-2H3,(H,17,18,19,23). The van der Waals surface area contributed by atoms with Crippen LogP contribution in [0.1, 0.15) is 34.5 Å². The normalized spacial score (nSPS) is 15.1. The molecule has 0 saturated carbocycles. The van der Waals surface area contributed by atoms with E-state index >= 15 is 0 Å². The van der Waals surface area contributed by atoms with Crippen molar-refractivity contribution in [1.29, 1.82) is 0 Å². The monoisotopic (exact) mass is 364 g/mol. The van der Waals surface area contributed by atoms with Crippen molar-refractivity contribution in [3.63, 3.8) is 0 Å². The van der Waals surface area contributed by atoms with Crippen LogP contribution in [0.5, 0.6) is 0 Å². The highest BCUT2D eigenvalue weighted by Gasteiger charge is 2.25. The van der Waals surface area contributed by atoms with Gasteiger partial charge in [-0.2, -0.15) is 4.98 Å². The molecule has 0 spiro atoms. The highest BCUT2D eigenvalue weighted by Crippen LogP contribution is 2.17. The summed E-state index contributed by atoms with van der Waals surface area (Å²) in [5.41, 5.74) is 2.42. The Balaban J connectivity index is 1.58. The van der Waals surface area contributed by atoms with Gasteiger partial charge in [0.15, 0.2) is 5.82 Å². The minimum Gasteiger partial charge on any atom is -0.336 e. The van der Waals surface area contributed by atoms with Gasteiger partial charge in [0.05, 0.1) is 11.2 Å². The fraction of sp³-hybridized carbons (Fsp3) is 0.533. The number of amides is 3. The summed E-state index contributed by atoms with van der Waals surface area (Å²) in [7, 11) is 0. The summed E-state index contributed by atoms with van der Waals surface area (Å²) in [6, 6.07) is -0.200. The van der Waals surface area contributed by atoms with Gasteiger partial charge in [0.1, 0.15) is 4.88 Å². The highest BCUT2D eigenvalue weighted by atomic mass is 32.1. The molecule has 0 aliphatic carbocycles. The van der Waals surface area contributed by atoms with Gasteiger partial charge in [-0.15, -0.1) is 11.3 Å². The lowest BCUT2D eigenvalue weighted by molar-refractivity contribution is 0.0766. The van der Waals surface area contributed by atoms with Gasteiger partial charge in [0.2, 0.25) is 0 Å². The molecule has 25 heavy (non-hydrogen) atoms. The van der Waals surface area contributed by atoms with E-state index in [-0.39, 0.29) is 18.0 Å². The Kier molecular flexibility index (Phi) is 5.27. The zero-order chi connectivity index (χ0) is 17.8. The molecule has 0 aromatic carbocycles. The molecule has 1 aliphatic rings. The van der Waals surface area contributed by atoms with Crippen molar-refractivity contribution in [2.45, 2.75) is 26.7 Å². The van der Waals surface area contributed by atoms with Crippen molar-refractivity contribution in [1.82, 2.24) is 24.9 Å². The molecule has 0 atom stereocenters. The first-order valence-corrected chi connectivity index (χ1v) is 9.04.